The molecule has 0 aromatic heterocycles. The minimum atomic E-state index is -1.11. The summed E-state index contributed by atoms with van der Waals surface area (Å²) in [5, 5.41) is 0. The molecule has 0 spiro atoms. The van der Waals surface area contributed by atoms with Crippen molar-refractivity contribution < 1.29 is 23.7 Å². The van der Waals surface area contributed by atoms with Gasteiger partial charge in [0, 0.05) is 19.3 Å². The van der Waals surface area contributed by atoms with Gasteiger partial charge in [0.15, 0.2) is 0 Å². The Morgan fingerprint density at radius 1 is 0.727 bits per heavy atom. The van der Waals surface area contributed by atoms with Gasteiger partial charge in [-0.05, 0) is 58.5 Å². The molecular formula is C28H26O5. The van der Waals surface area contributed by atoms with Crippen molar-refractivity contribution in [2.45, 2.75) is 31.6 Å². The van der Waals surface area contributed by atoms with Gasteiger partial charge in [-0.25, -0.2) is 0 Å². The van der Waals surface area contributed by atoms with E-state index in [0.717, 1.165) is 69.9 Å². The summed E-state index contributed by atoms with van der Waals surface area (Å²) < 4.78 is 23.1. The van der Waals surface area contributed by atoms with Gasteiger partial charge in [-0.1, -0.05) is 36.4 Å². The van der Waals surface area contributed by atoms with Crippen molar-refractivity contribution in [2.75, 3.05) is 26.4 Å². The highest BCUT2D eigenvalue weighted by molar-refractivity contribution is 5.93. The predicted molar refractivity (Wildman–Crippen MR) is 123 cm³/mol. The van der Waals surface area contributed by atoms with Crippen molar-refractivity contribution >= 4 is 5.97 Å². The van der Waals surface area contributed by atoms with Crippen LogP contribution < -0.4 is 14.2 Å². The van der Waals surface area contributed by atoms with Crippen LogP contribution in [0.1, 0.15) is 40.3 Å². The highest BCUT2D eigenvalue weighted by atomic mass is 16.5. The molecule has 0 fully saturated rings. The van der Waals surface area contributed by atoms with Gasteiger partial charge in [0.25, 0.3) is 0 Å². The lowest BCUT2D eigenvalue weighted by Crippen LogP contribution is -2.40. The average Bonchev–Trinajstić information content (AvgIpc) is 3.59. The molecule has 0 saturated heterocycles. The van der Waals surface area contributed by atoms with Crippen LogP contribution >= 0.6 is 0 Å². The summed E-state index contributed by atoms with van der Waals surface area (Å²) in [4.78, 5) is 14.1. The van der Waals surface area contributed by atoms with Crippen molar-refractivity contribution in [3.05, 3.63) is 88.0 Å². The molecule has 0 aliphatic carbocycles. The van der Waals surface area contributed by atoms with Crippen molar-refractivity contribution in [1.29, 1.82) is 0 Å². The first-order valence-electron chi connectivity index (χ1n) is 11.7. The highest BCUT2D eigenvalue weighted by Crippen LogP contribution is 2.45. The van der Waals surface area contributed by atoms with Crippen LogP contribution in [0, 0.1) is 0 Å². The van der Waals surface area contributed by atoms with E-state index in [1.165, 1.54) is 0 Å². The molecular weight excluding hydrogens is 416 g/mol. The monoisotopic (exact) mass is 442 g/mol. The summed E-state index contributed by atoms with van der Waals surface area (Å²) in [6, 6.07) is 18.3. The Balaban J connectivity index is 1.64. The number of benzene rings is 3. The van der Waals surface area contributed by atoms with Gasteiger partial charge >= 0.3 is 5.97 Å². The Bertz CT molecular complexity index is 1110. The van der Waals surface area contributed by atoms with Crippen molar-refractivity contribution in [2.24, 2.45) is 0 Å². The zero-order chi connectivity index (χ0) is 22.4. The first-order valence-corrected chi connectivity index (χ1v) is 11.7. The Kier molecular flexibility index (Phi) is 4.79. The molecule has 3 aliphatic heterocycles. The summed E-state index contributed by atoms with van der Waals surface area (Å²) >= 11 is 0. The molecule has 33 heavy (non-hydrogen) atoms. The molecule has 0 N–H and O–H groups in total. The van der Waals surface area contributed by atoms with Gasteiger partial charge < -0.3 is 18.9 Å². The minimum absolute atomic E-state index is 0.276. The molecule has 3 aromatic rings. The molecule has 0 bridgehead atoms. The number of rotatable bonds is 5. The van der Waals surface area contributed by atoms with Crippen molar-refractivity contribution in [3.8, 4) is 17.2 Å². The highest BCUT2D eigenvalue weighted by Gasteiger charge is 2.47. The number of esters is 1. The van der Waals surface area contributed by atoms with Gasteiger partial charge in [0.05, 0.1) is 26.4 Å². The molecule has 3 heterocycles. The van der Waals surface area contributed by atoms with Gasteiger partial charge in [-0.3, -0.25) is 4.79 Å². The standard InChI is InChI=1S/C28H26O5/c1-2-30-27(29)28(21-3-6-24-18(15-21)9-12-31-24,22-4-7-25-19(16-22)10-13-32-25)23-5-8-26-20(17-23)11-14-33-26/h3-8,15-17H,2,9-14H2,1H3. The lowest BCUT2D eigenvalue weighted by atomic mass is 9.68. The Morgan fingerprint density at radius 2 is 1.12 bits per heavy atom. The third kappa shape index (κ3) is 3.10. The molecule has 0 amide bonds. The lowest BCUT2D eigenvalue weighted by molar-refractivity contribution is -0.146. The number of carbonyl (C=O) groups excluding carboxylic acids is 1. The fourth-order valence-electron chi connectivity index (χ4n) is 5.35. The predicted octanol–water partition coefficient (Wildman–Crippen LogP) is 4.39. The van der Waals surface area contributed by atoms with Crippen LogP contribution in [0.15, 0.2) is 54.6 Å². The molecule has 0 saturated carbocycles. The van der Waals surface area contributed by atoms with Gasteiger partial charge in [-0.15, -0.1) is 0 Å². The zero-order valence-electron chi connectivity index (χ0n) is 18.7. The van der Waals surface area contributed by atoms with E-state index in [4.69, 9.17) is 18.9 Å². The van der Waals surface area contributed by atoms with Crippen LogP contribution in [0.5, 0.6) is 17.2 Å². The second-order valence-corrected chi connectivity index (χ2v) is 8.73. The topological polar surface area (TPSA) is 54.0 Å². The maximum absolute atomic E-state index is 14.1. The molecule has 6 rings (SSSR count). The van der Waals surface area contributed by atoms with Crippen molar-refractivity contribution in [3.63, 3.8) is 0 Å². The first kappa shape index (κ1) is 20.2. The van der Waals surface area contributed by atoms with Gasteiger partial charge in [-0.2, -0.15) is 0 Å². The summed E-state index contributed by atoms with van der Waals surface area (Å²) in [5.41, 5.74) is 4.93. The maximum atomic E-state index is 14.1. The summed E-state index contributed by atoms with van der Waals surface area (Å²) in [5.74, 6) is 2.39. The molecule has 3 aliphatic rings. The summed E-state index contributed by atoms with van der Waals surface area (Å²) in [6.45, 7) is 4.15. The third-order valence-corrected chi connectivity index (χ3v) is 6.95. The van der Waals surface area contributed by atoms with E-state index < -0.39 is 5.41 Å². The fraction of sp³-hybridized carbons (Fsp3) is 0.321. The summed E-state index contributed by atoms with van der Waals surface area (Å²) in [6.07, 6.45) is 2.49. The van der Waals surface area contributed by atoms with E-state index in [1.807, 2.05) is 43.3 Å². The van der Waals surface area contributed by atoms with E-state index in [2.05, 4.69) is 18.2 Å². The Labute approximate surface area is 193 Å². The Morgan fingerprint density at radius 3 is 1.48 bits per heavy atom. The molecule has 0 radical (unpaired) electrons. The van der Waals surface area contributed by atoms with Gasteiger partial charge in [0.2, 0.25) is 0 Å². The fourth-order valence-corrected chi connectivity index (χ4v) is 5.35. The molecule has 3 aromatic carbocycles. The quantitative estimate of drug-likeness (QED) is 0.433. The van der Waals surface area contributed by atoms with Crippen LogP contribution in [0.25, 0.3) is 0 Å². The Hall–Kier alpha value is -3.47. The van der Waals surface area contributed by atoms with E-state index in [1.54, 1.807) is 0 Å². The first-order chi connectivity index (χ1) is 16.2. The number of ether oxygens (including phenoxy) is 4. The number of fused-ring (bicyclic) bond motifs is 3. The molecule has 0 unspecified atom stereocenters. The third-order valence-electron chi connectivity index (χ3n) is 6.95. The van der Waals surface area contributed by atoms with Crippen LogP contribution in [0.4, 0.5) is 0 Å². The molecule has 5 heteroatoms. The lowest BCUT2D eigenvalue weighted by Gasteiger charge is -2.34. The van der Waals surface area contributed by atoms with Crippen molar-refractivity contribution in [1.82, 2.24) is 0 Å². The second kappa shape index (κ2) is 7.84. The van der Waals surface area contributed by atoms with E-state index in [0.29, 0.717) is 26.4 Å². The normalized spacial score (nSPS) is 15.7. The van der Waals surface area contributed by atoms with Crippen LogP contribution in [-0.2, 0) is 34.2 Å². The van der Waals surface area contributed by atoms with E-state index in [9.17, 15) is 4.79 Å². The largest absolute Gasteiger partial charge is 0.493 e. The number of carbonyl (C=O) groups is 1. The summed E-state index contributed by atoms with van der Waals surface area (Å²) in [7, 11) is 0. The smallest absolute Gasteiger partial charge is 0.325 e. The van der Waals surface area contributed by atoms with Crippen LogP contribution in [-0.4, -0.2) is 32.4 Å². The maximum Gasteiger partial charge on any atom is 0.325 e. The molecule has 168 valence electrons. The second-order valence-electron chi connectivity index (χ2n) is 8.73. The average molecular weight is 443 g/mol. The minimum Gasteiger partial charge on any atom is -0.493 e. The van der Waals surface area contributed by atoms with E-state index >= 15 is 0 Å². The zero-order valence-corrected chi connectivity index (χ0v) is 18.7. The molecule has 5 nitrogen and oxygen atoms in total. The van der Waals surface area contributed by atoms with Crippen LogP contribution in [0.3, 0.4) is 0 Å². The number of hydrogen-bond donors (Lipinski definition) is 0. The van der Waals surface area contributed by atoms with Crippen LogP contribution in [0.2, 0.25) is 0 Å². The number of hydrogen-bond acceptors (Lipinski definition) is 5. The van der Waals surface area contributed by atoms with Gasteiger partial charge in [0.1, 0.15) is 22.7 Å². The molecule has 0 atom stereocenters. The SMILES string of the molecule is CCOC(=O)C(c1ccc2c(c1)CCO2)(c1ccc2c(c1)CCO2)c1ccc2c(c1)CCO2. The van der Waals surface area contributed by atoms with E-state index in [-0.39, 0.29) is 5.97 Å².